The number of hydrogen-bond acceptors (Lipinski definition) is 3. The molecule has 0 spiro atoms. The van der Waals surface area contributed by atoms with Gasteiger partial charge in [-0.1, -0.05) is 11.8 Å². The zero-order valence-corrected chi connectivity index (χ0v) is 12.6. The molecule has 0 aliphatic rings. The van der Waals surface area contributed by atoms with Crippen LogP contribution in [0.4, 0.5) is 10.1 Å². The van der Waals surface area contributed by atoms with E-state index in [0.29, 0.717) is 10.4 Å². The minimum atomic E-state index is -0.517. The van der Waals surface area contributed by atoms with Crippen molar-refractivity contribution in [1.82, 2.24) is 0 Å². The Labute approximate surface area is 127 Å². The molecule has 5 heteroatoms. The van der Waals surface area contributed by atoms with Crippen LogP contribution in [0.5, 0.6) is 0 Å². The van der Waals surface area contributed by atoms with Crippen molar-refractivity contribution in [1.29, 1.82) is 0 Å². The summed E-state index contributed by atoms with van der Waals surface area (Å²) in [4.78, 5) is 13.7. The number of aryl methyl sites for hydroxylation is 2. The number of rotatable bonds is 2. The Kier molecular flexibility index (Phi) is 4.73. The van der Waals surface area contributed by atoms with E-state index >= 15 is 0 Å². The number of thiophene rings is 1. The highest BCUT2D eigenvalue weighted by molar-refractivity contribution is 7.14. The van der Waals surface area contributed by atoms with Crippen LogP contribution in [0.3, 0.4) is 0 Å². The topological polar surface area (TPSA) is 55.1 Å². The highest BCUT2D eigenvalue weighted by Crippen LogP contribution is 2.23. The smallest absolute Gasteiger partial charge is 0.265 e. The molecule has 0 fully saturated rings. The number of halogens is 1. The Balaban J connectivity index is 2.18. The maximum Gasteiger partial charge on any atom is 0.265 e. The van der Waals surface area contributed by atoms with E-state index in [1.165, 1.54) is 23.5 Å². The van der Waals surface area contributed by atoms with Gasteiger partial charge in [0.15, 0.2) is 0 Å². The van der Waals surface area contributed by atoms with Crippen molar-refractivity contribution in [2.75, 3.05) is 11.9 Å². The fourth-order valence-electron chi connectivity index (χ4n) is 1.72. The van der Waals surface area contributed by atoms with Crippen LogP contribution in [0.15, 0.2) is 24.3 Å². The van der Waals surface area contributed by atoms with Gasteiger partial charge in [-0.2, -0.15) is 0 Å². The van der Waals surface area contributed by atoms with Crippen LogP contribution in [-0.2, 0) is 0 Å². The molecule has 0 saturated carbocycles. The summed E-state index contributed by atoms with van der Waals surface area (Å²) in [5.41, 5.74) is 6.99. The number of benzene rings is 1. The van der Waals surface area contributed by atoms with Crippen molar-refractivity contribution in [3.8, 4) is 11.8 Å². The average molecular weight is 302 g/mol. The van der Waals surface area contributed by atoms with Gasteiger partial charge in [-0.05, 0) is 43.7 Å². The van der Waals surface area contributed by atoms with E-state index < -0.39 is 5.82 Å². The number of carbonyl (C=O) groups is 1. The van der Waals surface area contributed by atoms with Gasteiger partial charge in [0, 0.05) is 10.4 Å². The zero-order valence-electron chi connectivity index (χ0n) is 11.8. The molecule has 0 radical (unpaired) electrons. The van der Waals surface area contributed by atoms with Gasteiger partial charge in [0.1, 0.15) is 5.82 Å². The first-order valence-corrected chi connectivity index (χ1v) is 7.20. The van der Waals surface area contributed by atoms with Crippen LogP contribution in [0.25, 0.3) is 0 Å². The van der Waals surface area contributed by atoms with Crippen LogP contribution < -0.4 is 11.1 Å². The molecule has 108 valence electrons. The molecule has 0 saturated heterocycles. The second kappa shape index (κ2) is 6.53. The molecule has 0 unspecified atom stereocenters. The van der Waals surface area contributed by atoms with Crippen LogP contribution in [0, 0.1) is 31.5 Å². The first-order chi connectivity index (χ1) is 10.0. The van der Waals surface area contributed by atoms with Gasteiger partial charge < -0.3 is 11.1 Å². The van der Waals surface area contributed by atoms with Gasteiger partial charge in [0.25, 0.3) is 5.91 Å². The third-order valence-electron chi connectivity index (χ3n) is 2.94. The van der Waals surface area contributed by atoms with Gasteiger partial charge in [-0.25, -0.2) is 4.39 Å². The van der Waals surface area contributed by atoms with Gasteiger partial charge >= 0.3 is 0 Å². The van der Waals surface area contributed by atoms with Gasteiger partial charge in [0.2, 0.25) is 0 Å². The molecule has 3 N–H and O–H groups in total. The Bertz CT molecular complexity index is 721. The molecule has 0 bridgehead atoms. The SMILES string of the molecule is Cc1cc(C(=O)Nc2ccc(C#CCN)cc2F)sc1C. The lowest BCUT2D eigenvalue weighted by atomic mass is 10.2. The second-order valence-corrected chi connectivity index (χ2v) is 5.76. The largest absolute Gasteiger partial charge is 0.320 e. The standard InChI is InChI=1S/C16H15FN2OS/c1-10-8-15(21-11(10)2)16(20)19-14-6-5-12(4-3-7-18)9-13(14)17/h5-6,8-9H,7,18H2,1-2H3,(H,19,20). The number of anilines is 1. The number of hydrogen-bond donors (Lipinski definition) is 2. The van der Waals surface area contributed by atoms with Crippen LogP contribution >= 0.6 is 11.3 Å². The molecule has 1 heterocycles. The van der Waals surface area contributed by atoms with Gasteiger partial charge in [-0.3, -0.25) is 4.79 Å². The fourth-order valence-corrected chi connectivity index (χ4v) is 2.65. The Morgan fingerprint density at radius 1 is 1.38 bits per heavy atom. The summed E-state index contributed by atoms with van der Waals surface area (Å²) < 4.78 is 13.9. The monoisotopic (exact) mass is 302 g/mol. The highest BCUT2D eigenvalue weighted by atomic mass is 32.1. The van der Waals surface area contributed by atoms with E-state index in [4.69, 9.17) is 5.73 Å². The maximum atomic E-state index is 13.9. The lowest BCUT2D eigenvalue weighted by molar-refractivity contribution is 0.103. The first kappa shape index (κ1) is 15.2. The zero-order chi connectivity index (χ0) is 15.4. The normalized spacial score (nSPS) is 9.90. The molecule has 2 aromatic rings. The summed E-state index contributed by atoms with van der Waals surface area (Å²) in [6.45, 7) is 4.10. The van der Waals surface area contributed by atoms with Crippen LogP contribution in [0.2, 0.25) is 0 Å². The molecule has 1 amide bonds. The molecule has 3 nitrogen and oxygen atoms in total. The van der Waals surface area contributed by atoms with Crippen LogP contribution in [0.1, 0.15) is 25.7 Å². The number of amides is 1. The Morgan fingerprint density at radius 3 is 2.71 bits per heavy atom. The van der Waals surface area contributed by atoms with E-state index in [2.05, 4.69) is 17.2 Å². The van der Waals surface area contributed by atoms with Crippen molar-refractivity contribution >= 4 is 22.9 Å². The van der Waals surface area contributed by atoms with Crippen molar-refractivity contribution in [2.24, 2.45) is 5.73 Å². The second-order valence-electron chi connectivity index (χ2n) is 4.50. The predicted octanol–water partition coefficient (Wildman–Crippen LogP) is 3.07. The first-order valence-electron chi connectivity index (χ1n) is 6.38. The minimum absolute atomic E-state index is 0.141. The number of nitrogens with two attached hydrogens (primary N) is 1. The fraction of sp³-hybridized carbons (Fsp3) is 0.188. The van der Waals surface area contributed by atoms with E-state index in [-0.39, 0.29) is 18.1 Å². The van der Waals surface area contributed by atoms with Gasteiger partial charge in [-0.15, -0.1) is 11.3 Å². The molecule has 21 heavy (non-hydrogen) atoms. The Morgan fingerprint density at radius 2 is 2.14 bits per heavy atom. The number of carbonyl (C=O) groups excluding carboxylic acids is 1. The van der Waals surface area contributed by atoms with Crippen molar-refractivity contribution in [3.63, 3.8) is 0 Å². The lowest BCUT2D eigenvalue weighted by Gasteiger charge is -2.05. The van der Waals surface area contributed by atoms with Gasteiger partial charge in [0.05, 0.1) is 17.1 Å². The quantitative estimate of drug-likeness (QED) is 0.838. The van der Waals surface area contributed by atoms with Crippen molar-refractivity contribution in [2.45, 2.75) is 13.8 Å². The lowest BCUT2D eigenvalue weighted by Crippen LogP contribution is -2.11. The molecular formula is C16H15FN2OS. The van der Waals surface area contributed by atoms with Crippen molar-refractivity contribution in [3.05, 3.63) is 51.0 Å². The summed E-state index contributed by atoms with van der Waals surface area (Å²) in [5, 5.41) is 2.57. The molecule has 0 aliphatic heterocycles. The number of nitrogens with one attached hydrogen (secondary N) is 1. The molecular weight excluding hydrogens is 287 g/mol. The average Bonchev–Trinajstić information content (AvgIpc) is 2.79. The van der Waals surface area contributed by atoms with E-state index in [0.717, 1.165) is 10.4 Å². The third-order valence-corrected chi connectivity index (χ3v) is 4.09. The van der Waals surface area contributed by atoms with Crippen LogP contribution in [-0.4, -0.2) is 12.5 Å². The van der Waals surface area contributed by atoms with Crippen molar-refractivity contribution < 1.29 is 9.18 Å². The molecule has 2 rings (SSSR count). The predicted molar refractivity (Wildman–Crippen MR) is 84.1 cm³/mol. The maximum absolute atomic E-state index is 13.9. The molecule has 1 aromatic carbocycles. The summed E-state index contributed by atoms with van der Waals surface area (Å²) in [6.07, 6.45) is 0. The summed E-state index contributed by atoms with van der Waals surface area (Å²) in [6, 6.07) is 6.23. The van der Waals surface area contributed by atoms with E-state index in [1.807, 2.05) is 13.8 Å². The third kappa shape index (κ3) is 3.69. The minimum Gasteiger partial charge on any atom is -0.320 e. The molecule has 1 aromatic heterocycles. The Hall–Kier alpha value is -2.16. The molecule has 0 atom stereocenters. The van der Waals surface area contributed by atoms with E-state index in [1.54, 1.807) is 12.1 Å². The highest BCUT2D eigenvalue weighted by Gasteiger charge is 2.12. The summed E-state index contributed by atoms with van der Waals surface area (Å²) in [5.74, 6) is 4.57. The summed E-state index contributed by atoms with van der Waals surface area (Å²) >= 11 is 1.39. The van der Waals surface area contributed by atoms with E-state index in [9.17, 15) is 9.18 Å². The molecule has 0 aliphatic carbocycles. The summed E-state index contributed by atoms with van der Waals surface area (Å²) in [7, 11) is 0.